The van der Waals surface area contributed by atoms with Gasteiger partial charge in [0.1, 0.15) is 5.75 Å². The maximum atomic E-state index is 12.5. The van der Waals surface area contributed by atoms with Crippen LogP contribution in [0, 0.1) is 0 Å². The highest BCUT2D eigenvalue weighted by Gasteiger charge is 2.11. The number of amides is 1. The summed E-state index contributed by atoms with van der Waals surface area (Å²) in [5.41, 5.74) is 4.47. The van der Waals surface area contributed by atoms with Gasteiger partial charge in [0.05, 0.1) is 12.8 Å². The van der Waals surface area contributed by atoms with Crippen molar-refractivity contribution in [2.75, 3.05) is 12.4 Å². The Morgan fingerprint density at radius 1 is 0.903 bits per heavy atom. The summed E-state index contributed by atoms with van der Waals surface area (Å²) >= 11 is 6.69. The number of thiocarbonyl (C=S) groups is 1. The minimum atomic E-state index is -0.274. The fraction of sp³-hybridized carbons (Fsp3) is 0.0417. The first-order valence-electron chi connectivity index (χ1n) is 9.50. The Labute approximate surface area is 189 Å². The molecule has 4 rings (SSSR count). The van der Waals surface area contributed by atoms with Gasteiger partial charge in [-0.25, -0.2) is 4.98 Å². The van der Waals surface area contributed by atoms with Crippen molar-refractivity contribution in [2.45, 2.75) is 0 Å². The minimum Gasteiger partial charge on any atom is -0.497 e. The topological polar surface area (TPSA) is 63.2 Å². The van der Waals surface area contributed by atoms with Crippen LogP contribution in [0.4, 0.5) is 5.13 Å². The molecule has 0 fully saturated rings. The lowest BCUT2D eigenvalue weighted by atomic mass is 10.0. The van der Waals surface area contributed by atoms with Crippen LogP contribution in [0.1, 0.15) is 10.4 Å². The standard InChI is InChI=1S/C24H19N3O2S2/c1-29-20-13-11-18(12-14-20)21-15-31-24(25-21)27-23(30)26-22(28)19-9-7-17(8-10-19)16-5-3-2-4-6-16/h2-15H,1H3,(H2,25,26,27,28,30). The number of carbonyl (C=O) groups excluding carboxylic acids is 1. The van der Waals surface area contributed by atoms with Crippen molar-refractivity contribution in [3.63, 3.8) is 0 Å². The van der Waals surface area contributed by atoms with Crippen LogP contribution in [0.25, 0.3) is 22.4 Å². The smallest absolute Gasteiger partial charge is 0.257 e. The second kappa shape index (κ2) is 9.51. The second-order valence-electron chi connectivity index (χ2n) is 6.62. The molecule has 1 amide bonds. The van der Waals surface area contributed by atoms with Gasteiger partial charge >= 0.3 is 0 Å². The maximum Gasteiger partial charge on any atom is 0.257 e. The van der Waals surface area contributed by atoms with E-state index in [1.54, 1.807) is 19.2 Å². The number of carbonyl (C=O) groups is 1. The van der Waals surface area contributed by atoms with E-state index in [1.807, 2.05) is 72.1 Å². The summed E-state index contributed by atoms with van der Waals surface area (Å²) < 4.78 is 5.18. The number of benzene rings is 3. The Morgan fingerprint density at radius 3 is 2.23 bits per heavy atom. The number of methoxy groups -OCH3 is 1. The lowest BCUT2D eigenvalue weighted by molar-refractivity contribution is 0.0978. The summed E-state index contributed by atoms with van der Waals surface area (Å²) in [5.74, 6) is 0.516. The van der Waals surface area contributed by atoms with Crippen molar-refractivity contribution < 1.29 is 9.53 Å². The van der Waals surface area contributed by atoms with Gasteiger partial charge in [0.2, 0.25) is 0 Å². The molecular formula is C24H19N3O2S2. The molecule has 31 heavy (non-hydrogen) atoms. The molecule has 0 aliphatic rings. The zero-order valence-corrected chi connectivity index (χ0v) is 18.3. The number of thiazole rings is 1. The summed E-state index contributed by atoms with van der Waals surface area (Å²) in [6.45, 7) is 0. The monoisotopic (exact) mass is 445 g/mol. The first-order valence-corrected chi connectivity index (χ1v) is 10.8. The van der Waals surface area contributed by atoms with E-state index in [0.29, 0.717) is 10.7 Å². The normalized spacial score (nSPS) is 10.4. The van der Waals surface area contributed by atoms with Gasteiger partial charge in [0.25, 0.3) is 5.91 Å². The number of rotatable bonds is 5. The quantitative estimate of drug-likeness (QED) is 0.391. The molecule has 0 spiro atoms. The van der Waals surface area contributed by atoms with Crippen LogP contribution in [0.15, 0.2) is 84.2 Å². The number of hydrogen-bond acceptors (Lipinski definition) is 5. The van der Waals surface area contributed by atoms with E-state index in [0.717, 1.165) is 28.1 Å². The van der Waals surface area contributed by atoms with Crippen LogP contribution < -0.4 is 15.4 Å². The number of aromatic nitrogens is 1. The predicted octanol–water partition coefficient (Wildman–Crippen LogP) is 5.61. The van der Waals surface area contributed by atoms with Crippen molar-refractivity contribution in [3.8, 4) is 28.1 Å². The largest absolute Gasteiger partial charge is 0.497 e. The van der Waals surface area contributed by atoms with Gasteiger partial charge in [0, 0.05) is 16.5 Å². The lowest BCUT2D eigenvalue weighted by Crippen LogP contribution is -2.34. The third kappa shape index (κ3) is 5.14. The van der Waals surface area contributed by atoms with E-state index in [-0.39, 0.29) is 11.0 Å². The second-order valence-corrected chi connectivity index (χ2v) is 7.88. The van der Waals surface area contributed by atoms with Crippen LogP contribution in [0.5, 0.6) is 5.75 Å². The van der Waals surface area contributed by atoms with E-state index < -0.39 is 0 Å². The lowest BCUT2D eigenvalue weighted by Gasteiger charge is -2.08. The van der Waals surface area contributed by atoms with Gasteiger partial charge in [-0.2, -0.15) is 0 Å². The molecule has 0 unspecified atom stereocenters. The van der Waals surface area contributed by atoms with Gasteiger partial charge in [-0.3, -0.25) is 10.1 Å². The number of nitrogens with one attached hydrogen (secondary N) is 2. The van der Waals surface area contributed by atoms with Crippen molar-refractivity contribution in [2.24, 2.45) is 0 Å². The summed E-state index contributed by atoms with van der Waals surface area (Å²) in [6.07, 6.45) is 0. The number of nitrogens with zero attached hydrogens (tertiary/aromatic N) is 1. The van der Waals surface area contributed by atoms with Crippen molar-refractivity contribution in [1.29, 1.82) is 0 Å². The highest BCUT2D eigenvalue weighted by molar-refractivity contribution is 7.80. The Bertz CT molecular complexity index is 1190. The Hall–Kier alpha value is -3.55. The van der Waals surface area contributed by atoms with Gasteiger partial charge in [0.15, 0.2) is 10.2 Å². The van der Waals surface area contributed by atoms with Gasteiger partial charge in [-0.1, -0.05) is 42.5 Å². The molecule has 154 valence electrons. The predicted molar refractivity (Wildman–Crippen MR) is 130 cm³/mol. The molecule has 0 atom stereocenters. The maximum absolute atomic E-state index is 12.5. The van der Waals surface area contributed by atoms with E-state index in [9.17, 15) is 4.79 Å². The zero-order valence-electron chi connectivity index (χ0n) is 16.7. The molecule has 7 heteroatoms. The van der Waals surface area contributed by atoms with Crippen molar-refractivity contribution >= 4 is 39.7 Å². The molecule has 1 heterocycles. The fourth-order valence-corrected chi connectivity index (χ4v) is 3.95. The fourth-order valence-electron chi connectivity index (χ4n) is 2.97. The first-order chi connectivity index (χ1) is 15.1. The number of anilines is 1. The van der Waals surface area contributed by atoms with Gasteiger partial charge in [-0.15, -0.1) is 11.3 Å². The molecule has 0 bridgehead atoms. The van der Waals surface area contributed by atoms with Gasteiger partial charge in [-0.05, 0) is 59.7 Å². The Kier molecular flexibility index (Phi) is 6.35. The average molecular weight is 446 g/mol. The van der Waals surface area contributed by atoms with Crippen LogP contribution in [0.3, 0.4) is 0 Å². The average Bonchev–Trinajstić information content (AvgIpc) is 3.28. The Balaban J connectivity index is 1.36. The first kappa shape index (κ1) is 20.7. The minimum absolute atomic E-state index is 0.202. The SMILES string of the molecule is COc1ccc(-c2csc(NC(=S)NC(=O)c3ccc(-c4ccccc4)cc3)n2)cc1. The Morgan fingerprint density at radius 2 is 1.55 bits per heavy atom. The molecule has 2 N–H and O–H groups in total. The summed E-state index contributed by atoms with van der Waals surface area (Å²) in [5, 5.41) is 8.41. The molecule has 5 nitrogen and oxygen atoms in total. The van der Waals surface area contributed by atoms with E-state index >= 15 is 0 Å². The molecule has 0 saturated carbocycles. The van der Waals surface area contributed by atoms with Crippen LogP contribution >= 0.6 is 23.6 Å². The third-order valence-electron chi connectivity index (χ3n) is 4.59. The highest BCUT2D eigenvalue weighted by atomic mass is 32.1. The molecular weight excluding hydrogens is 426 g/mol. The van der Waals surface area contributed by atoms with E-state index in [4.69, 9.17) is 17.0 Å². The molecule has 0 saturated heterocycles. The van der Waals surface area contributed by atoms with Crippen molar-refractivity contribution in [3.05, 3.63) is 89.8 Å². The summed E-state index contributed by atoms with van der Waals surface area (Å²) in [4.78, 5) is 17.0. The molecule has 4 aromatic rings. The number of ether oxygens (including phenoxy) is 1. The van der Waals surface area contributed by atoms with Crippen LogP contribution in [-0.2, 0) is 0 Å². The molecule has 0 aliphatic heterocycles. The molecule has 1 aromatic heterocycles. The van der Waals surface area contributed by atoms with E-state index in [2.05, 4.69) is 15.6 Å². The number of hydrogen-bond donors (Lipinski definition) is 2. The summed E-state index contributed by atoms with van der Waals surface area (Å²) in [7, 11) is 1.63. The van der Waals surface area contributed by atoms with Crippen LogP contribution in [0.2, 0.25) is 0 Å². The van der Waals surface area contributed by atoms with E-state index in [1.165, 1.54) is 11.3 Å². The highest BCUT2D eigenvalue weighted by Crippen LogP contribution is 2.26. The molecule has 3 aromatic carbocycles. The summed E-state index contributed by atoms with van der Waals surface area (Å²) in [6, 6.07) is 25.1. The van der Waals surface area contributed by atoms with Crippen LogP contribution in [-0.4, -0.2) is 23.1 Å². The zero-order chi connectivity index (χ0) is 21.6. The van der Waals surface area contributed by atoms with Gasteiger partial charge < -0.3 is 10.1 Å². The molecule has 0 aliphatic carbocycles. The third-order valence-corrected chi connectivity index (χ3v) is 5.55. The molecule has 0 radical (unpaired) electrons. The van der Waals surface area contributed by atoms with Crippen molar-refractivity contribution in [1.82, 2.24) is 10.3 Å².